The van der Waals surface area contributed by atoms with Crippen LogP contribution >= 0.6 is 58.8 Å². The van der Waals surface area contributed by atoms with Gasteiger partial charge in [0.25, 0.3) is 0 Å². The predicted octanol–water partition coefficient (Wildman–Crippen LogP) is 6.44. The summed E-state index contributed by atoms with van der Waals surface area (Å²) in [5, 5.41) is 4.63. The summed E-state index contributed by atoms with van der Waals surface area (Å²) in [4.78, 5) is 16.4. The van der Waals surface area contributed by atoms with Crippen LogP contribution in [0.3, 0.4) is 0 Å². The van der Waals surface area contributed by atoms with Crippen molar-refractivity contribution in [1.82, 2.24) is 15.1 Å². The van der Waals surface area contributed by atoms with E-state index in [1.54, 1.807) is 31.4 Å². The Morgan fingerprint density at radius 2 is 1.65 bits per heavy atom. The highest BCUT2D eigenvalue weighted by atomic mass is 35.5. The number of methoxy groups -OCH3 is 1. The van der Waals surface area contributed by atoms with Gasteiger partial charge in [0.15, 0.2) is 0 Å². The van der Waals surface area contributed by atoms with Gasteiger partial charge in [-0.3, -0.25) is 4.79 Å². The molecule has 0 aliphatic carbocycles. The number of ether oxygens (including phenoxy) is 2. The molecule has 0 saturated heterocycles. The van der Waals surface area contributed by atoms with Gasteiger partial charge in [-0.1, -0.05) is 76.7 Å². The first-order chi connectivity index (χ1) is 18.3. The third kappa shape index (κ3) is 9.35. The molecule has 0 bridgehead atoms. The quantitative estimate of drug-likeness (QED) is 0.191. The number of nitrogens with one attached hydrogen (secondary N) is 1. The van der Waals surface area contributed by atoms with Gasteiger partial charge in [0, 0.05) is 34.0 Å². The summed E-state index contributed by atoms with van der Waals surface area (Å²) in [7, 11) is 1.62. The first-order valence-electron chi connectivity index (χ1n) is 11.8. The van der Waals surface area contributed by atoms with Crippen LogP contribution in [0.1, 0.15) is 22.8 Å². The molecule has 40 heavy (non-hydrogen) atoms. The van der Waals surface area contributed by atoms with Crippen molar-refractivity contribution < 1.29 is 19.7 Å². The minimum atomic E-state index is -0.564. The molecule has 7 nitrogen and oxygen atoms in total. The molecule has 1 aliphatic rings. The number of amides is 1. The lowest BCUT2D eigenvalue weighted by atomic mass is 10.1. The van der Waals surface area contributed by atoms with Crippen molar-refractivity contribution >= 4 is 64.7 Å². The number of hydrogen-bond donors (Lipinski definition) is 1. The van der Waals surface area contributed by atoms with Gasteiger partial charge in [-0.15, -0.1) is 12.4 Å². The smallest absolute Gasteiger partial charge is 0.239 e. The zero-order valence-corrected chi connectivity index (χ0v) is 25.4. The summed E-state index contributed by atoms with van der Waals surface area (Å²) in [6, 6.07) is 20.2. The first-order valence-corrected chi connectivity index (χ1v) is 13.4. The van der Waals surface area contributed by atoms with Gasteiger partial charge < -0.3 is 30.1 Å². The maximum Gasteiger partial charge on any atom is 0.239 e. The summed E-state index contributed by atoms with van der Waals surface area (Å²) in [5.41, 5.74) is 2.09. The SMILES string of the molecule is COc1ccc(CNC(=O)CN2C=CN(C(Cl)C(OCc3ccc(Cl)cc3Cl)c3ccc(Cl)cc3)C2)cc1.Cl.O. The standard InChI is InChI=1S/C28H27Cl4N3O3.ClH.H2O/c1-37-24-10-2-19(3-11-24)15-33-26(36)16-34-12-13-35(18-34)28(32)27(20-4-7-22(29)8-5-20)38-17-21-6-9-23(30)14-25(21)31;;/h2-14,27-28H,15-18H2,1H3,(H,33,36);1H;1H2. The fourth-order valence-electron chi connectivity index (χ4n) is 3.91. The van der Waals surface area contributed by atoms with Crippen LogP contribution in [0, 0.1) is 0 Å². The number of alkyl halides is 1. The number of carbonyl (C=O) groups excluding carboxylic acids is 1. The molecule has 0 fully saturated rings. The molecule has 4 rings (SSSR count). The molecule has 2 unspecified atom stereocenters. The van der Waals surface area contributed by atoms with E-state index in [4.69, 9.17) is 55.9 Å². The molecule has 216 valence electrons. The molecule has 0 spiro atoms. The van der Waals surface area contributed by atoms with Crippen LogP contribution in [0.2, 0.25) is 15.1 Å². The van der Waals surface area contributed by atoms with Crippen LogP contribution in [0.5, 0.6) is 5.75 Å². The van der Waals surface area contributed by atoms with Crippen LogP contribution in [-0.4, -0.2) is 47.0 Å². The van der Waals surface area contributed by atoms with Crippen molar-refractivity contribution in [1.29, 1.82) is 0 Å². The second-order valence-corrected chi connectivity index (χ2v) is 10.4. The molecule has 0 aromatic heterocycles. The predicted molar refractivity (Wildman–Crippen MR) is 163 cm³/mol. The highest BCUT2D eigenvalue weighted by Crippen LogP contribution is 2.32. The molecule has 3 aromatic rings. The van der Waals surface area contributed by atoms with E-state index in [1.807, 2.05) is 64.7 Å². The van der Waals surface area contributed by atoms with E-state index >= 15 is 0 Å². The van der Waals surface area contributed by atoms with Crippen molar-refractivity contribution in [2.45, 2.75) is 24.8 Å². The number of hydrogen-bond acceptors (Lipinski definition) is 5. The van der Waals surface area contributed by atoms with E-state index in [-0.39, 0.29) is 36.9 Å². The molecule has 1 aliphatic heterocycles. The van der Waals surface area contributed by atoms with Crippen LogP contribution < -0.4 is 10.1 Å². The van der Waals surface area contributed by atoms with Crippen molar-refractivity contribution in [3.8, 4) is 5.75 Å². The molecule has 3 aromatic carbocycles. The van der Waals surface area contributed by atoms with Gasteiger partial charge >= 0.3 is 0 Å². The zero-order valence-electron chi connectivity index (χ0n) is 21.5. The van der Waals surface area contributed by atoms with Gasteiger partial charge in [-0.05, 0) is 53.1 Å². The Balaban J connectivity index is 0.00000280. The molecule has 0 saturated carbocycles. The van der Waals surface area contributed by atoms with E-state index < -0.39 is 11.6 Å². The van der Waals surface area contributed by atoms with Crippen LogP contribution in [0.15, 0.2) is 79.1 Å². The maximum absolute atomic E-state index is 12.6. The Labute approximate surface area is 260 Å². The lowest BCUT2D eigenvalue weighted by Gasteiger charge is -2.31. The topological polar surface area (TPSA) is 85.5 Å². The molecular weight excluding hydrogens is 620 g/mol. The molecule has 12 heteroatoms. The maximum atomic E-state index is 12.6. The van der Waals surface area contributed by atoms with E-state index in [9.17, 15) is 4.79 Å². The second-order valence-electron chi connectivity index (χ2n) is 8.72. The Hall–Kier alpha value is -2.36. The van der Waals surface area contributed by atoms with Crippen LogP contribution in [0.25, 0.3) is 0 Å². The Kier molecular flexibility index (Phi) is 13.7. The average Bonchev–Trinajstić information content (AvgIpc) is 3.38. The lowest BCUT2D eigenvalue weighted by Crippen LogP contribution is -2.39. The lowest BCUT2D eigenvalue weighted by molar-refractivity contribution is -0.122. The Morgan fingerprint density at radius 1 is 0.975 bits per heavy atom. The second kappa shape index (κ2) is 16.2. The molecule has 3 N–H and O–H groups in total. The van der Waals surface area contributed by atoms with Crippen molar-refractivity contribution in [2.75, 3.05) is 20.3 Å². The summed E-state index contributed by atoms with van der Waals surface area (Å²) < 4.78 is 11.5. The Bertz CT molecular complexity index is 1260. The molecule has 0 radical (unpaired) electrons. The van der Waals surface area contributed by atoms with Crippen molar-refractivity contribution in [3.05, 3.63) is 111 Å². The summed E-state index contributed by atoms with van der Waals surface area (Å²) >= 11 is 25.4. The fraction of sp³-hybridized carbons (Fsp3) is 0.250. The largest absolute Gasteiger partial charge is 0.497 e. The minimum absolute atomic E-state index is 0. The molecular formula is C28H30Cl5N3O4. The number of nitrogens with zero attached hydrogens (tertiary/aromatic N) is 2. The number of carbonyl (C=O) groups is 1. The number of benzene rings is 3. The van der Waals surface area contributed by atoms with E-state index in [0.717, 1.165) is 22.4 Å². The van der Waals surface area contributed by atoms with Crippen molar-refractivity contribution in [2.24, 2.45) is 0 Å². The third-order valence-electron chi connectivity index (χ3n) is 6.01. The van der Waals surface area contributed by atoms with Crippen LogP contribution in [-0.2, 0) is 22.7 Å². The van der Waals surface area contributed by atoms with Gasteiger partial charge in [-0.2, -0.15) is 0 Å². The van der Waals surface area contributed by atoms with E-state index in [1.165, 1.54) is 0 Å². The summed E-state index contributed by atoms with van der Waals surface area (Å²) in [6.45, 7) is 1.29. The highest BCUT2D eigenvalue weighted by Gasteiger charge is 2.30. The van der Waals surface area contributed by atoms with Gasteiger partial charge in [0.05, 0.1) is 26.9 Å². The van der Waals surface area contributed by atoms with Crippen LogP contribution in [0.4, 0.5) is 0 Å². The fourth-order valence-corrected chi connectivity index (χ4v) is 4.84. The molecule has 2 atom stereocenters. The normalized spacial score (nSPS) is 13.7. The average molecular weight is 650 g/mol. The van der Waals surface area contributed by atoms with Crippen molar-refractivity contribution in [3.63, 3.8) is 0 Å². The van der Waals surface area contributed by atoms with Gasteiger partial charge in [-0.25, -0.2) is 0 Å². The molecule has 1 amide bonds. The number of halogens is 5. The number of rotatable bonds is 11. The Morgan fingerprint density at radius 3 is 2.30 bits per heavy atom. The summed E-state index contributed by atoms with van der Waals surface area (Å²) in [6.07, 6.45) is 3.20. The third-order valence-corrected chi connectivity index (χ3v) is 7.33. The van der Waals surface area contributed by atoms with Gasteiger partial charge in [0.1, 0.15) is 17.4 Å². The highest BCUT2D eigenvalue weighted by molar-refractivity contribution is 6.35. The summed E-state index contributed by atoms with van der Waals surface area (Å²) in [5.74, 6) is 0.677. The minimum Gasteiger partial charge on any atom is -0.497 e. The van der Waals surface area contributed by atoms with E-state index in [2.05, 4.69) is 5.32 Å². The van der Waals surface area contributed by atoms with E-state index in [0.29, 0.717) is 28.3 Å². The zero-order chi connectivity index (χ0) is 27.1. The monoisotopic (exact) mass is 647 g/mol. The van der Waals surface area contributed by atoms with Gasteiger partial charge in [0.2, 0.25) is 5.91 Å². The molecule has 1 heterocycles. The first kappa shape index (κ1) is 33.8.